The first kappa shape index (κ1) is 14.5. The fraction of sp³-hybridized carbons (Fsp3) is 0.625. The van der Waals surface area contributed by atoms with Gasteiger partial charge in [0.15, 0.2) is 0 Å². The molecule has 2 saturated heterocycles. The number of nitrogens with zero attached hydrogens (tertiary/aromatic N) is 2. The van der Waals surface area contributed by atoms with Crippen molar-refractivity contribution in [2.75, 3.05) is 26.2 Å². The largest absolute Gasteiger partial charge is 0.374 e. The van der Waals surface area contributed by atoms with Crippen LogP contribution in [0.15, 0.2) is 28.7 Å². The van der Waals surface area contributed by atoms with Crippen LogP contribution < -0.4 is 0 Å². The number of benzene rings is 1. The molecule has 1 aromatic carbocycles. The van der Waals surface area contributed by atoms with Gasteiger partial charge in [0.2, 0.25) is 0 Å². The summed E-state index contributed by atoms with van der Waals surface area (Å²) in [5, 5.41) is 10.5. The summed E-state index contributed by atoms with van der Waals surface area (Å²) in [5.41, 5.74) is 0.985. The second kappa shape index (κ2) is 6.56. The summed E-state index contributed by atoms with van der Waals surface area (Å²) in [6.45, 7) is 4.54. The van der Waals surface area contributed by atoms with Gasteiger partial charge in [-0.15, -0.1) is 0 Å². The van der Waals surface area contributed by atoms with Crippen LogP contribution in [0.5, 0.6) is 0 Å². The minimum Gasteiger partial charge on any atom is -0.374 e. The Labute approximate surface area is 129 Å². The molecule has 20 heavy (non-hydrogen) atoms. The monoisotopic (exact) mass is 338 g/mol. The Morgan fingerprint density at radius 1 is 1.10 bits per heavy atom. The zero-order chi connectivity index (χ0) is 13.9. The van der Waals surface area contributed by atoms with E-state index in [1.165, 1.54) is 38.8 Å². The molecule has 0 spiro atoms. The summed E-state index contributed by atoms with van der Waals surface area (Å²) in [5.74, 6) is 0. The van der Waals surface area contributed by atoms with Crippen molar-refractivity contribution in [3.05, 3.63) is 34.3 Å². The van der Waals surface area contributed by atoms with Gasteiger partial charge in [-0.2, -0.15) is 0 Å². The molecule has 1 atom stereocenters. The Balaban J connectivity index is 1.57. The van der Waals surface area contributed by atoms with Crippen LogP contribution >= 0.6 is 15.9 Å². The number of rotatable bonds is 3. The van der Waals surface area contributed by atoms with Crippen LogP contribution in [-0.2, 0) is 0 Å². The van der Waals surface area contributed by atoms with E-state index in [0.29, 0.717) is 0 Å². The van der Waals surface area contributed by atoms with Gasteiger partial charge in [-0.05, 0) is 56.5 Å². The fourth-order valence-corrected chi connectivity index (χ4v) is 3.90. The second-order valence-electron chi connectivity index (χ2n) is 5.94. The van der Waals surface area contributed by atoms with Gasteiger partial charge in [-0.1, -0.05) is 28.1 Å². The van der Waals surface area contributed by atoms with E-state index < -0.39 is 6.23 Å². The van der Waals surface area contributed by atoms with E-state index in [1.807, 2.05) is 24.3 Å². The van der Waals surface area contributed by atoms with E-state index in [9.17, 15) is 5.11 Å². The van der Waals surface area contributed by atoms with Crippen molar-refractivity contribution in [2.45, 2.75) is 38.0 Å². The normalized spacial score (nSPS) is 24.1. The van der Waals surface area contributed by atoms with Gasteiger partial charge in [0, 0.05) is 23.6 Å². The summed E-state index contributed by atoms with van der Waals surface area (Å²) in [7, 11) is 0. The van der Waals surface area contributed by atoms with Crippen molar-refractivity contribution in [2.24, 2.45) is 0 Å². The van der Waals surface area contributed by atoms with E-state index in [1.54, 1.807) is 0 Å². The quantitative estimate of drug-likeness (QED) is 0.917. The van der Waals surface area contributed by atoms with Crippen LogP contribution in [0.4, 0.5) is 0 Å². The maximum atomic E-state index is 10.5. The molecule has 4 heteroatoms. The molecule has 1 unspecified atom stereocenters. The molecule has 0 bridgehead atoms. The lowest BCUT2D eigenvalue weighted by atomic mass is 10.0. The van der Waals surface area contributed by atoms with Gasteiger partial charge >= 0.3 is 0 Å². The topological polar surface area (TPSA) is 26.7 Å². The number of aliphatic hydroxyl groups excluding tert-OH is 1. The molecular weight excluding hydrogens is 316 g/mol. The van der Waals surface area contributed by atoms with Crippen molar-refractivity contribution >= 4 is 15.9 Å². The first-order valence-electron chi connectivity index (χ1n) is 7.66. The van der Waals surface area contributed by atoms with Gasteiger partial charge in [0.25, 0.3) is 0 Å². The molecule has 0 saturated carbocycles. The molecule has 2 heterocycles. The van der Waals surface area contributed by atoms with Crippen LogP contribution in [0.25, 0.3) is 0 Å². The first-order chi connectivity index (χ1) is 9.74. The van der Waals surface area contributed by atoms with E-state index in [-0.39, 0.29) is 0 Å². The van der Waals surface area contributed by atoms with E-state index >= 15 is 0 Å². The zero-order valence-electron chi connectivity index (χ0n) is 11.8. The number of hydrogen-bond donors (Lipinski definition) is 1. The Morgan fingerprint density at radius 2 is 1.80 bits per heavy atom. The van der Waals surface area contributed by atoms with Crippen LogP contribution in [0.1, 0.15) is 37.5 Å². The third-order valence-corrected chi connectivity index (χ3v) is 5.14. The average Bonchev–Trinajstić information content (AvgIpc) is 3.01. The molecule has 2 aliphatic heterocycles. The molecule has 1 N–H and O–H groups in total. The minimum atomic E-state index is -0.466. The zero-order valence-corrected chi connectivity index (χ0v) is 13.4. The second-order valence-corrected chi connectivity index (χ2v) is 6.85. The van der Waals surface area contributed by atoms with Crippen LogP contribution in [-0.4, -0.2) is 47.1 Å². The maximum Gasteiger partial charge on any atom is 0.133 e. The highest BCUT2D eigenvalue weighted by atomic mass is 79.9. The lowest BCUT2D eigenvalue weighted by Crippen LogP contribution is -2.44. The molecular formula is C16H23BrN2O. The highest BCUT2D eigenvalue weighted by Crippen LogP contribution is 2.27. The van der Waals surface area contributed by atoms with Crippen LogP contribution in [0.2, 0.25) is 0 Å². The van der Waals surface area contributed by atoms with Crippen LogP contribution in [0, 0.1) is 0 Å². The highest BCUT2D eigenvalue weighted by molar-refractivity contribution is 9.10. The average molecular weight is 339 g/mol. The maximum absolute atomic E-state index is 10.5. The molecule has 2 fully saturated rings. The fourth-order valence-electron chi connectivity index (χ4n) is 3.48. The van der Waals surface area contributed by atoms with Crippen molar-refractivity contribution in [3.8, 4) is 0 Å². The van der Waals surface area contributed by atoms with Gasteiger partial charge in [-0.25, -0.2) is 0 Å². The van der Waals surface area contributed by atoms with Crippen LogP contribution in [0.3, 0.4) is 0 Å². The lowest BCUT2D eigenvalue weighted by molar-refractivity contribution is -0.0244. The number of piperidine rings is 1. The smallest absolute Gasteiger partial charge is 0.133 e. The third kappa shape index (κ3) is 3.25. The van der Waals surface area contributed by atoms with Crippen molar-refractivity contribution in [1.29, 1.82) is 0 Å². The third-order valence-electron chi connectivity index (χ3n) is 4.65. The van der Waals surface area contributed by atoms with Gasteiger partial charge in [-0.3, -0.25) is 4.90 Å². The summed E-state index contributed by atoms with van der Waals surface area (Å²) in [6.07, 6.45) is 4.63. The van der Waals surface area contributed by atoms with E-state index in [0.717, 1.165) is 29.2 Å². The van der Waals surface area contributed by atoms with Crippen molar-refractivity contribution in [1.82, 2.24) is 9.80 Å². The highest BCUT2D eigenvalue weighted by Gasteiger charge is 2.29. The van der Waals surface area contributed by atoms with Crippen molar-refractivity contribution < 1.29 is 5.11 Å². The SMILES string of the molecule is OC(c1cccc(Br)c1)N1CCC(N2CCCC2)CC1. The summed E-state index contributed by atoms with van der Waals surface area (Å²) in [4.78, 5) is 4.84. The molecule has 110 valence electrons. The first-order valence-corrected chi connectivity index (χ1v) is 8.45. The predicted molar refractivity (Wildman–Crippen MR) is 84.5 cm³/mol. The number of likely N-dealkylation sites (tertiary alicyclic amines) is 2. The molecule has 0 aliphatic carbocycles. The van der Waals surface area contributed by atoms with Gasteiger partial charge in [0.05, 0.1) is 0 Å². The Morgan fingerprint density at radius 3 is 2.45 bits per heavy atom. The summed E-state index contributed by atoms with van der Waals surface area (Å²) >= 11 is 3.47. The van der Waals surface area contributed by atoms with Crippen molar-refractivity contribution in [3.63, 3.8) is 0 Å². The van der Waals surface area contributed by atoms with Gasteiger partial charge in [0.1, 0.15) is 6.23 Å². The summed E-state index contributed by atoms with van der Waals surface area (Å²) in [6, 6.07) is 8.73. The lowest BCUT2D eigenvalue weighted by Gasteiger charge is -2.38. The molecule has 2 aliphatic rings. The molecule has 1 aromatic rings. The Kier molecular flexibility index (Phi) is 4.76. The molecule has 3 nitrogen and oxygen atoms in total. The predicted octanol–water partition coefficient (Wildman–Crippen LogP) is 3.00. The van der Waals surface area contributed by atoms with E-state index in [2.05, 4.69) is 25.7 Å². The Bertz CT molecular complexity index is 440. The number of hydrogen-bond acceptors (Lipinski definition) is 3. The summed E-state index contributed by atoms with van der Waals surface area (Å²) < 4.78 is 1.03. The number of aliphatic hydroxyl groups is 1. The van der Waals surface area contributed by atoms with Gasteiger partial charge < -0.3 is 10.0 Å². The minimum absolute atomic E-state index is 0.466. The molecule has 3 rings (SSSR count). The Hall–Kier alpha value is -0.420. The molecule has 0 aromatic heterocycles. The standard InChI is InChI=1S/C16H23BrN2O/c17-14-5-3-4-13(12-14)16(20)19-10-6-15(7-11-19)18-8-1-2-9-18/h3-5,12,15-16,20H,1-2,6-11H2. The molecule has 0 amide bonds. The van der Waals surface area contributed by atoms with E-state index in [4.69, 9.17) is 0 Å². The number of halogens is 1. The molecule has 0 radical (unpaired) electrons.